The van der Waals surface area contributed by atoms with Gasteiger partial charge in [0.05, 0.1) is 0 Å². The van der Waals surface area contributed by atoms with Crippen molar-refractivity contribution < 1.29 is 0 Å². The molecule has 0 aromatic carbocycles. The standard InChI is InChI=1S/C13H18N4/c1-2-10-3-4-11-12(10)13(16-9-15-11)17-7-5-14-6-8-17/h2,9-10,14H,1,3-8H2/t10-/m1/s1. The normalized spacial score (nSPS) is 23.5. The molecule has 4 nitrogen and oxygen atoms in total. The zero-order valence-electron chi connectivity index (χ0n) is 10.0. The molecule has 0 unspecified atom stereocenters. The quantitative estimate of drug-likeness (QED) is 0.773. The molecule has 1 fully saturated rings. The van der Waals surface area contributed by atoms with Crippen LogP contribution in [-0.2, 0) is 6.42 Å². The number of aryl methyl sites for hydroxylation is 1. The van der Waals surface area contributed by atoms with Crippen molar-refractivity contribution in [3.63, 3.8) is 0 Å². The van der Waals surface area contributed by atoms with Crippen molar-refractivity contribution >= 4 is 5.82 Å². The van der Waals surface area contributed by atoms with Crippen molar-refractivity contribution in [1.29, 1.82) is 0 Å². The first-order chi connectivity index (χ1) is 8.40. The van der Waals surface area contributed by atoms with Crippen LogP contribution in [-0.4, -0.2) is 36.1 Å². The number of allylic oxidation sites excluding steroid dienone is 1. The summed E-state index contributed by atoms with van der Waals surface area (Å²) in [5, 5.41) is 3.37. The van der Waals surface area contributed by atoms with E-state index >= 15 is 0 Å². The van der Waals surface area contributed by atoms with Crippen molar-refractivity contribution in [2.24, 2.45) is 0 Å². The highest BCUT2D eigenvalue weighted by Gasteiger charge is 2.28. The molecule has 3 rings (SSSR count). The molecule has 1 aromatic heterocycles. The molecular weight excluding hydrogens is 212 g/mol. The van der Waals surface area contributed by atoms with Gasteiger partial charge in [0, 0.05) is 43.4 Å². The molecule has 1 aliphatic carbocycles. The average Bonchev–Trinajstić information content (AvgIpc) is 2.82. The van der Waals surface area contributed by atoms with E-state index in [-0.39, 0.29) is 0 Å². The van der Waals surface area contributed by atoms with Crippen LogP contribution < -0.4 is 10.2 Å². The van der Waals surface area contributed by atoms with Crippen molar-refractivity contribution in [3.05, 3.63) is 30.2 Å². The molecule has 0 radical (unpaired) electrons. The van der Waals surface area contributed by atoms with E-state index < -0.39 is 0 Å². The van der Waals surface area contributed by atoms with Gasteiger partial charge in [0.1, 0.15) is 12.1 Å². The van der Waals surface area contributed by atoms with Crippen LogP contribution in [0.15, 0.2) is 19.0 Å². The Balaban J connectivity index is 1.99. The summed E-state index contributed by atoms with van der Waals surface area (Å²) < 4.78 is 0. The Hall–Kier alpha value is -1.42. The third kappa shape index (κ3) is 1.82. The van der Waals surface area contributed by atoms with Crippen molar-refractivity contribution in [2.45, 2.75) is 18.8 Å². The molecule has 1 N–H and O–H groups in total. The molecule has 90 valence electrons. The van der Waals surface area contributed by atoms with E-state index in [9.17, 15) is 0 Å². The lowest BCUT2D eigenvalue weighted by Gasteiger charge is -2.30. The summed E-state index contributed by atoms with van der Waals surface area (Å²) in [6, 6.07) is 0. The maximum atomic E-state index is 4.51. The van der Waals surface area contributed by atoms with Gasteiger partial charge in [-0.15, -0.1) is 6.58 Å². The minimum Gasteiger partial charge on any atom is -0.354 e. The largest absolute Gasteiger partial charge is 0.354 e. The van der Waals surface area contributed by atoms with E-state index in [1.807, 2.05) is 6.08 Å². The van der Waals surface area contributed by atoms with Gasteiger partial charge >= 0.3 is 0 Å². The minimum atomic E-state index is 0.441. The number of rotatable bonds is 2. The molecule has 0 saturated carbocycles. The van der Waals surface area contributed by atoms with Crippen LogP contribution in [0.2, 0.25) is 0 Å². The van der Waals surface area contributed by atoms with E-state index in [2.05, 4.69) is 26.8 Å². The van der Waals surface area contributed by atoms with Gasteiger partial charge in [0.15, 0.2) is 0 Å². The van der Waals surface area contributed by atoms with Crippen molar-refractivity contribution in [3.8, 4) is 0 Å². The molecule has 4 heteroatoms. The van der Waals surface area contributed by atoms with E-state index in [0.29, 0.717) is 5.92 Å². The molecule has 1 aliphatic heterocycles. The van der Waals surface area contributed by atoms with E-state index in [0.717, 1.165) is 44.8 Å². The second-order valence-electron chi connectivity index (χ2n) is 4.68. The second kappa shape index (κ2) is 4.45. The van der Waals surface area contributed by atoms with Gasteiger partial charge in [-0.25, -0.2) is 9.97 Å². The summed E-state index contributed by atoms with van der Waals surface area (Å²) in [5.74, 6) is 1.58. The number of aromatic nitrogens is 2. The third-order valence-electron chi connectivity index (χ3n) is 3.71. The predicted octanol–water partition coefficient (Wildman–Crippen LogP) is 1.10. The fourth-order valence-corrected chi connectivity index (χ4v) is 2.80. The smallest absolute Gasteiger partial charge is 0.136 e. The highest BCUT2D eigenvalue weighted by atomic mass is 15.2. The van der Waals surface area contributed by atoms with Crippen LogP contribution in [0.4, 0.5) is 5.82 Å². The van der Waals surface area contributed by atoms with Crippen molar-refractivity contribution in [1.82, 2.24) is 15.3 Å². The first kappa shape index (κ1) is 10.7. The van der Waals surface area contributed by atoms with Crippen LogP contribution in [0.1, 0.15) is 23.6 Å². The molecule has 0 amide bonds. The summed E-state index contributed by atoms with van der Waals surface area (Å²) in [5.41, 5.74) is 2.54. The molecular formula is C13H18N4. The number of hydrogen-bond donors (Lipinski definition) is 1. The van der Waals surface area contributed by atoms with Gasteiger partial charge in [-0.3, -0.25) is 0 Å². The van der Waals surface area contributed by atoms with Crippen LogP contribution in [0.3, 0.4) is 0 Å². The molecule has 1 atom stereocenters. The Morgan fingerprint density at radius 3 is 2.94 bits per heavy atom. The van der Waals surface area contributed by atoms with E-state index in [1.165, 1.54) is 11.3 Å². The van der Waals surface area contributed by atoms with Gasteiger partial charge < -0.3 is 10.2 Å². The molecule has 2 aliphatic rings. The number of nitrogens with one attached hydrogen (secondary N) is 1. The predicted molar refractivity (Wildman–Crippen MR) is 68.4 cm³/mol. The molecule has 1 saturated heterocycles. The lowest BCUT2D eigenvalue weighted by molar-refractivity contribution is 0.582. The monoisotopic (exact) mass is 230 g/mol. The topological polar surface area (TPSA) is 41.1 Å². The number of fused-ring (bicyclic) bond motifs is 1. The number of anilines is 1. The van der Waals surface area contributed by atoms with Crippen LogP contribution in [0.25, 0.3) is 0 Å². The maximum Gasteiger partial charge on any atom is 0.136 e. The first-order valence-corrected chi connectivity index (χ1v) is 6.32. The number of hydrogen-bond acceptors (Lipinski definition) is 4. The summed E-state index contributed by atoms with van der Waals surface area (Å²) in [7, 11) is 0. The van der Waals surface area contributed by atoms with E-state index in [1.54, 1.807) is 6.33 Å². The lowest BCUT2D eigenvalue weighted by Crippen LogP contribution is -2.44. The molecule has 1 aromatic rings. The molecule has 17 heavy (non-hydrogen) atoms. The molecule has 2 heterocycles. The van der Waals surface area contributed by atoms with Crippen molar-refractivity contribution in [2.75, 3.05) is 31.1 Å². The van der Waals surface area contributed by atoms with Gasteiger partial charge in [-0.2, -0.15) is 0 Å². The first-order valence-electron chi connectivity index (χ1n) is 6.32. The Morgan fingerprint density at radius 2 is 2.18 bits per heavy atom. The zero-order valence-corrected chi connectivity index (χ0v) is 10.0. The Bertz CT molecular complexity index is 423. The molecule has 0 spiro atoms. The van der Waals surface area contributed by atoms with Gasteiger partial charge in [-0.1, -0.05) is 6.08 Å². The Morgan fingerprint density at radius 1 is 1.35 bits per heavy atom. The van der Waals surface area contributed by atoms with Crippen LogP contribution in [0.5, 0.6) is 0 Å². The fourth-order valence-electron chi connectivity index (χ4n) is 2.80. The molecule has 0 bridgehead atoms. The highest BCUT2D eigenvalue weighted by Crippen LogP contribution is 2.37. The summed E-state index contributed by atoms with van der Waals surface area (Å²) >= 11 is 0. The summed E-state index contributed by atoms with van der Waals surface area (Å²) in [6.07, 6.45) is 5.95. The second-order valence-corrected chi connectivity index (χ2v) is 4.68. The fraction of sp³-hybridized carbons (Fsp3) is 0.538. The number of piperazine rings is 1. The SMILES string of the molecule is C=C[C@@H]1CCc2ncnc(N3CCNCC3)c21. The van der Waals surface area contributed by atoms with Crippen LogP contribution in [0, 0.1) is 0 Å². The number of nitrogens with zero attached hydrogens (tertiary/aromatic N) is 3. The third-order valence-corrected chi connectivity index (χ3v) is 3.71. The minimum absolute atomic E-state index is 0.441. The summed E-state index contributed by atoms with van der Waals surface area (Å²) in [6.45, 7) is 8.09. The Kier molecular flexibility index (Phi) is 2.81. The van der Waals surface area contributed by atoms with Crippen LogP contribution >= 0.6 is 0 Å². The van der Waals surface area contributed by atoms with Gasteiger partial charge in [-0.05, 0) is 12.8 Å². The average molecular weight is 230 g/mol. The lowest BCUT2D eigenvalue weighted by atomic mass is 10.0. The van der Waals surface area contributed by atoms with Gasteiger partial charge in [0.25, 0.3) is 0 Å². The maximum absolute atomic E-state index is 4.51. The highest BCUT2D eigenvalue weighted by molar-refractivity contribution is 5.54. The Labute approximate surface area is 102 Å². The zero-order chi connectivity index (χ0) is 11.7. The van der Waals surface area contributed by atoms with Gasteiger partial charge in [0.2, 0.25) is 0 Å². The summed E-state index contributed by atoms with van der Waals surface area (Å²) in [4.78, 5) is 11.3. The van der Waals surface area contributed by atoms with E-state index in [4.69, 9.17) is 0 Å².